The first kappa shape index (κ1) is 14.5. The SMILES string of the molecule is C=CC(=O)Oc1c(C(=O)O)cc(C)cc1-c1ccccc1. The Morgan fingerprint density at radius 1 is 1.19 bits per heavy atom. The van der Waals surface area contributed by atoms with E-state index in [-0.39, 0.29) is 11.3 Å². The van der Waals surface area contributed by atoms with Crippen LogP contribution < -0.4 is 4.74 Å². The van der Waals surface area contributed by atoms with E-state index in [0.717, 1.165) is 17.2 Å². The maximum atomic E-state index is 11.5. The standard InChI is InChI=1S/C17H14O4/c1-3-15(18)21-16-13(12-7-5-4-6-8-12)9-11(2)10-14(16)17(19)20/h3-10H,1H2,2H3,(H,19,20). The fraction of sp³-hybridized carbons (Fsp3) is 0.0588. The fourth-order valence-corrected chi connectivity index (χ4v) is 2.02. The number of hydrogen-bond acceptors (Lipinski definition) is 3. The van der Waals surface area contributed by atoms with E-state index >= 15 is 0 Å². The molecule has 0 bridgehead atoms. The molecule has 2 rings (SSSR count). The van der Waals surface area contributed by atoms with Gasteiger partial charge in [-0.3, -0.25) is 0 Å². The van der Waals surface area contributed by atoms with Gasteiger partial charge in [-0.2, -0.15) is 0 Å². The lowest BCUT2D eigenvalue weighted by atomic mass is 9.98. The van der Waals surface area contributed by atoms with Gasteiger partial charge in [-0.25, -0.2) is 9.59 Å². The zero-order valence-corrected chi connectivity index (χ0v) is 11.5. The molecule has 0 saturated heterocycles. The molecule has 0 aliphatic heterocycles. The van der Waals surface area contributed by atoms with E-state index in [1.807, 2.05) is 30.3 Å². The highest BCUT2D eigenvalue weighted by molar-refractivity contribution is 5.97. The van der Waals surface area contributed by atoms with E-state index in [1.165, 1.54) is 6.07 Å². The molecule has 0 amide bonds. The molecule has 0 heterocycles. The highest BCUT2D eigenvalue weighted by atomic mass is 16.5. The van der Waals surface area contributed by atoms with Gasteiger partial charge in [0.15, 0.2) is 5.75 Å². The first-order valence-electron chi connectivity index (χ1n) is 6.30. The van der Waals surface area contributed by atoms with Gasteiger partial charge >= 0.3 is 11.9 Å². The van der Waals surface area contributed by atoms with Crippen molar-refractivity contribution < 1.29 is 19.4 Å². The second kappa shape index (κ2) is 6.05. The van der Waals surface area contributed by atoms with Crippen LogP contribution in [0, 0.1) is 6.92 Å². The van der Waals surface area contributed by atoms with Gasteiger partial charge < -0.3 is 9.84 Å². The van der Waals surface area contributed by atoms with Gasteiger partial charge in [0.25, 0.3) is 0 Å². The molecule has 0 aliphatic rings. The highest BCUT2D eigenvalue weighted by Crippen LogP contribution is 2.35. The van der Waals surface area contributed by atoms with Crippen molar-refractivity contribution in [3.8, 4) is 16.9 Å². The Morgan fingerprint density at radius 3 is 2.43 bits per heavy atom. The van der Waals surface area contributed by atoms with E-state index in [0.29, 0.717) is 5.56 Å². The predicted octanol–water partition coefficient (Wildman–Crippen LogP) is 3.45. The number of benzene rings is 2. The summed E-state index contributed by atoms with van der Waals surface area (Å²) in [7, 11) is 0. The molecule has 1 N–H and O–H groups in total. The van der Waals surface area contributed by atoms with Crippen molar-refractivity contribution in [3.05, 3.63) is 66.2 Å². The van der Waals surface area contributed by atoms with E-state index < -0.39 is 11.9 Å². The monoisotopic (exact) mass is 282 g/mol. The van der Waals surface area contributed by atoms with Crippen molar-refractivity contribution in [1.82, 2.24) is 0 Å². The Labute approximate surface area is 122 Å². The van der Waals surface area contributed by atoms with Crippen LogP contribution in [0.4, 0.5) is 0 Å². The predicted molar refractivity (Wildman–Crippen MR) is 79.4 cm³/mol. The molecule has 0 unspecified atom stereocenters. The molecular formula is C17H14O4. The van der Waals surface area contributed by atoms with Crippen LogP contribution in [0.1, 0.15) is 15.9 Å². The minimum Gasteiger partial charge on any atom is -0.478 e. The number of carbonyl (C=O) groups excluding carboxylic acids is 1. The smallest absolute Gasteiger partial charge is 0.339 e. The van der Waals surface area contributed by atoms with Gasteiger partial charge in [0.2, 0.25) is 0 Å². The number of carboxylic acid groups (broad SMARTS) is 1. The van der Waals surface area contributed by atoms with Gasteiger partial charge in [-0.15, -0.1) is 0 Å². The summed E-state index contributed by atoms with van der Waals surface area (Å²) in [5, 5.41) is 9.33. The Kier molecular flexibility index (Phi) is 4.18. The number of carboxylic acids is 1. The number of ether oxygens (including phenoxy) is 1. The summed E-state index contributed by atoms with van der Waals surface area (Å²) in [6, 6.07) is 12.4. The molecule has 0 saturated carbocycles. The molecule has 2 aromatic rings. The topological polar surface area (TPSA) is 63.6 Å². The van der Waals surface area contributed by atoms with Crippen molar-refractivity contribution >= 4 is 11.9 Å². The van der Waals surface area contributed by atoms with E-state index in [9.17, 15) is 14.7 Å². The molecule has 4 nitrogen and oxygen atoms in total. The van der Waals surface area contributed by atoms with Gasteiger partial charge in [0.1, 0.15) is 5.56 Å². The Hall–Kier alpha value is -2.88. The van der Waals surface area contributed by atoms with E-state index in [1.54, 1.807) is 13.0 Å². The number of hydrogen-bond donors (Lipinski definition) is 1. The van der Waals surface area contributed by atoms with Crippen molar-refractivity contribution in [1.29, 1.82) is 0 Å². The second-order valence-corrected chi connectivity index (χ2v) is 4.49. The maximum Gasteiger partial charge on any atom is 0.339 e. The van der Waals surface area contributed by atoms with Crippen molar-refractivity contribution in [2.75, 3.05) is 0 Å². The third-order valence-corrected chi connectivity index (χ3v) is 2.92. The molecule has 106 valence electrons. The third-order valence-electron chi connectivity index (χ3n) is 2.92. The van der Waals surface area contributed by atoms with Crippen LogP contribution in [0.25, 0.3) is 11.1 Å². The molecule has 4 heteroatoms. The lowest BCUT2D eigenvalue weighted by Gasteiger charge is -2.13. The largest absolute Gasteiger partial charge is 0.478 e. The fourth-order valence-electron chi connectivity index (χ4n) is 2.02. The van der Waals surface area contributed by atoms with Crippen molar-refractivity contribution in [3.63, 3.8) is 0 Å². The summed E-state index contributed by atoms with van der Waals surface area (Å²) < 4.78 is 5.16. The maximum absolute atomic E-state index is 11.5. The van der Waals surface area contributed by atoms with Crippen LogP contribution in [0.2, 0.25) is 0 Å². The van der Waals surface area contributed by atoms with Crippen LogP contribution in [-0.2, 0) is 4.79 Å². The number of aromatic carboxylic acids is 1. The molecule has 0 fully saturated rings. The van der Waals surface area contributed by atoms with Crippen molar-refractivity contribution in [2.45, 2.75) is 6.92 Å². The zero-order valence-electron chi connectivity index (χ0n) is 11.5. The summed E-state index contributed by atoms with van der Waals surface area (Å²) in [5.74, 6) is -1.81. The van der Waals surface area contributed by atoms with Gasteiger partial charge in [0.05, 0.1) is 0 Å². The molecule has 0 aliphatic carbocycles. The average molecular weight is 282 g/mol. The molecule has 0 spiro atoms. The average Bonchev–Trinajstić information content (AvgIpc) is 2.49. The molecular weight excluding hydrogens is 268 g/mol. The summed E-state index contributed by atoms with van der Waals surface area (Å²) in [5.41, 5.74) is 2.05. The zero-order chi connectivity index (χ0) is 15.4. The van der Waals surface area contributed by atoms with Crippen molar-refractivity contribution in [2.24, 2.45) is 0 Å². The first-order chi connectivity index (χ1) is 10.0. The number of rotatable bonds is 4. The first-order valence-corrected chi connectivity index (χ1v) is 6.30. The van der Waals surface area contributed by atoms with Gasteiger partial charge in [0, 0.05) is 11.6 Å². The van der Waals surface area contributed by atoms with E-state index in [2.05, 4.69) is 6.58 Å². The van der Waals surface area contributed by atoms with Crippen LogP contribution in [0.15, 0.2) is 55.1 Å². The Balaban J connectivity index is 2.70. The molecule has 21 heavy (non-hydrogen) atoms. The van der Waals surface area contributed by atoms with Gasteiger partial charge in [-0.05, 0) is 30.2 Å². The van der Waals surface area contributed by atoms with Crippen LogP contribution in [0.3, 0.4) is 0 Å². The van der Waals surface area contributed by atoms with Gasteiger partial charge in [-0.1, -0.05) is 36.9 Å². The minimum absolute atomic E-state index is 0.0317. The Morgan fingerprint density at radius 2 is 1.86 bits per heavy atom. The lowest BCUT2D eigenvalue weighted by Crippen LogP contribution is -2.10. The van der Waals surface area contributed by atoms with Crippen LogP contribution in [-0.4, -0.2) is 17.0 Å². The quantitative estimate of drug-likeness (QED) is 0.530. The number of aryl methyl sites for hydroxylation is 1. The molecule has 2 aromatic carbocycles. The molecule has 0 aromatic heterocycles. The van der Waals surface area contributed by atoms with Crippen LogP contribution in [0.5, 0.6) is 5.75 Å². The number of carbonyl (C=O) groups is 2. The third kappa shape index (κ3) is 3.17. The highest BCUT2D eigenvalue weighted by Gasteiger charge is 2.19. The second-order valence-electron chi connectivity index (χ2n) is 4.49. The molecule has 0 atom stereocenters. The number of esters is 1. The Bertz CT molecular complexity index is 702. The summed E-state index contributed by atoms with van der Waals surface area (Å²) >= 11 is 0. The summed E-state index contributed by atoms with van der Waals surface area (Å²) in [6.45, 7) is 5.12. The minimum atomic E-state index is -1.15. The normalized spacial score (nSPS) is 9.95. The molecule has 0 radical (unpaired) electrons. The lowest BCUT2D eigenvalue weighted by molar-refractivity contribution is -0.128. The summed E-state index contributed by atoms with van der Waals surface area (Å²) in [6.07, 6.45) is 1.00. The van der Waals surface area contributed by atoms with E-state index in [4.69, 9.17) is 4.74 Å². The summed E-state index contributed by atoms with van der Waals surface area (Å²) in [4.78, 5) is 22.9. The van der Waals surface area contributed by atoms with Crippen LogP contribution >= 0.6 is 0 Å².